The van der Waals surface area contributed by atoms with Crippen molar-refractivity contribution in [2.24, 2.45) is 5.92 Å². The van der Waals surface area contributed by atoms with E-state index in [1.54, 1.807) is 17.5 Å². The molecule has 0 bridgehead atoms. The highest BCUT2D eigenvalue weighted by atomic mass is 32.1. The van der Waals surface area contributed by atoms with Crippen molar-refractivity contribution in [3.63, 3.8) is 0 Å². The van der Waals surface area contributed by atoms with Crippen LogP contribution in [-0.2, 0) is 11.3 Å². The van der Waals surface area contributed by atoms with Crippen molar-refractivity contribution in [3.8, 4) is 10.7 Å². The number of thiophene rings is 1. The van der Waals surface area contributed by atoms with Gasteiger partial charge in [-0.2, -0.15) is 0 Å². The van der Waals surface area contributed by atoms with Gasteiger partial charge >= 0.3 is 0 Å². The van der Waals surface area contributed by atoms with E-state index in [0.717, 1.165) is 17.1 Å². The standard InChI is InChI=1S/C13H16N2OS/c1-3-10(2)11(16)9-15-7-6-14-13(15)12-5-4-8-17-12/h4-8,10H,3,9H2,1-2H3. The molecule has 0 saturated carbocycles. The number of hydrogen-bond donors (Lipinski definition) is 0. The molecule has 3 nitrogen and oxygen atoms in total. The zero-order valence-corrected chi connectivity index (χ0v) is 10.9. The van der Waals surface area contributed by atoms with Crippen LogP contribution in [0.5, 0.6) is 0 Å². The number of hydrogen-bond acceptors (Lipinski definition) is 3. The van der Waals surface area contributed by atoms with E-state index in [-0.39, 0.29) is 11.7 Å². The van der Waals surface area contributed by atoms with Crippen LogP contribution in [0.1, 0.15) is 20.3 Å². The largest absolute Gasteiger partial charge is 0.323 e. The molecule has 2 heterocycles. The number of nitrogens with zero attached hydrogens (tertiary/aromatic N) is 2. The van der Waals surface area contributed by atoms with Crippen molar-refractivity contribution >= 4 is 17.1 Å². The van der Waals surface area contributed by atoms with Crippen LogP contribution in [0.4, 0.5) is 0 Å². The number of Topliss-reactive ketones (excluding diaryl/α,β-unsaturated/α-hetero) is 1. The Kier molecular flexibility index (Phi) is 3.74. The maximum absolute atomic E-state index is 11.9. The van der Waals surface area contributed by atoms with Crippen LogP contribution in [0.3, 0.4) is 0 Å². The minimum Gasteiger partial charge on any atom is -0.323 e. The van der Waals surface area contributed by atoms with Crippen molar-refractivity contribution in [2.75, 3.05) is 0 Å². The fraction of sp³-hybridized carbons (Fsp3) is 0.385. The van der Waals surface area contributed by atoms with Gasteiger partial charge in [0.05, 0.1) is 11.4 Å². The van der Waals surface area contributed by atoms with E-state index in [1.807, 2.05) is 42.1 Å². The summed E-state index contributed by atoms with van der Waals surface area (Å²) in [5, 5.41) is 2.02. The number of ketones is 1. The van der Waals surface area contributed by atoms with Gasteiger partial charge in [0.1, 0.15) is 5.82 Å². The van der Waals surface area contributed by atoms with E-state index in [1.165, 1.54) is 0 Å². The van der Waals surface area contributed by atoms with E-state index in [2.05, 4.69) is 4.98 Å². The van der Waals surface area contributed by atoms with Crippen LogP contribution in [0.2, 0.25) is 0 Å². The summed E-state index contributed by atoms with van der Waals surface area (Å²) in [6, 6.07) is 4.02. The minimum absolute atomic E-state index is 0.119. The van der Waals surface area contributed by atoms with Crippen molar-refractivity contribution in [1.29, 1.82) is 0 Å². The molecule has 2 rings (SSSR count). The van der Waals surface area contributed by atoms with Crippen molar-refractivity contribution in [3.05, 3.63) is 29.9 Å². The van der Waals surface area contributed by atoms with Gasteiger partial charge in [-0.1, -0.05) is 19.9 Å². The molecule has 0 aromatic carbocycles. The summed E-state index contributed by atoms with van der Waals surface area (Å²) >= 11 is 1.64. The highest BCUT2D eigenvalue weighted by Crippen LogP contribution is 2.23. The number of imidazole rings is 1. The second kappa shape index (κ2) is 5.27. The lowest BCUT2D eigenvalue weighted by atomic mass is 10.0. The van der Waals surface area contributed by atoms with E-state index in [9.17, 15) is 4.79 Å². The molecule has 0 fully saturated rings. The van der Waals surface area contributed by atoms with E-state index in [0.29, 0.717) is 6.54 Å². The van der Waals surface area contributed by atoms with E-state index >= 15 is 0 Å². The average molecular weight is 248 g/mol. The van der Waals surface area contributed by atoms with Crippen molar-refractivity contribution < 1.29 is 4.79 Å². The van der Waals surface area contributed by atoms with Crippen LogP contribution in [0.15, 0.2) is 29.9 Å². The third kappa shape index (κ3) is 2.64. The number of carbonyl (C=O) groups is 1. The summed E-state index contributed by atoms with van der Waals surface area (Å²) in [7, 11) is 0. The molecule has 2 aromatic rings. The smallest absolute Gasteiger partial charge is 0.155 e. The fourth-order valence-corrected chi connectivity index (χ4v) is 2.36. The number of rotatable bonds is 5. The fourth-order valence-electron chi connectivity index (χ4n) is 1.62. The molecular weight excluding hydrogens is 232 g/mol. The first kappa shape index (κ1) is 12.0. The second-order valence-electron chi connectivity index (χ2n) is 4.13. The zero-order chi connectivity index (χ0) is 12.3. The van der Waals surface area contributed by atoms with Gasteiger partial charge in [0.25, 0.3) is 0 Å². The monoisotopic (exact) mass is 248 g/mol. The SMILES string of the molecule is CCC(C)C(=O)Cn1ccnc1-c1cccs1. The molecule has 1 atom stereocenters. The van der Waals surface area contributed by atoms with Gasteiger partial charge in [-0.25, -0.2) is 4.98 Å². The lowest BCUT2D eigenvalue weighted by Crippen LogP contribution is -2.17. The van der Waals surface area contributed by atoms with Gasteiger partial charge < -0.3 is 4.57 Å². The van der Waals surface area contributed by atoms with Crippen LogP contribution in [0, 0.1) is 5.92 Å². The highest BCUT2D eigenvalue weighted by molar-refractivity contribution is 7.13. The molecule has 0 radical (unpaired) electrons. The highest BCUT2D eigenvalue weighted by Gasteiger charge is 2.14. The molecule has 4 heteroatoms. The summed E-state index contributed by atoms with van der Waals surface area (Å²) in [4.78, 5) is 17.3. The van der Waals surface area contributed by atoms with Gasteiger partial charge in [0, 0.05) is 18.3 Å². The molecule has 0 aliphatic rings. The Labute approximate surface area is 105 Å². The summed E-state index contributed by atoms with van der Waals surface area (Å²) in [6.07, 6.45) is 4.51. The topological polar surface area (TPSA) is 34.9 Å². The number of carbonyl (C=O) groups excluding carboxylic acids is 1. The zero-order valence-electron chi connectivity index (χ0n) is 10.1. The van der Waals surface area contributed by atoms with Gasteiger partial charge in [0.2, 0.25) is 0 Å². The summed E-state index contributed by atoms with van der Waals surface area (Å²) in [5.41, 5.74) is 0. The maximum Gasteiger partial charge on any atom is 0.155 e. The van der Waals surface area contributed by atoms with Crippen LogP contribution >= 0.6 is 11.3 Å². The first-order chi connectivity index (χ1) is 8.22. The Morgan fingerprint density at radius 3 is 3.06 bits per heavy atom. The molecule has 17 heavy (non-hydrogen) atoms. The normalized spacial score (nSPS) is 12.6. The summed E-state index contributed by atoms with van der Waals surface area (Å²) in [5.74, 6) is 1.27. The summed E-state index contributed by atoms with van der Waals surface area (Å²) < 4.78 is 1.93. The molecule has 0 amide bonds. The Morgan fingerprint density at radius 1 is 1.59 bits per heavy atom. The van der Waals surface area contributed by atoms with Crippen LogP contribution in [-0.4, -0.2) is 15.3 Å². The van der Waals surface area contributed by atoms with E-state index < -0.39 is 0 Å². The van der Waals surface area contributed by atoms with Crippen molar-refractivity contribution in [1.82, 2.24) is 9.55 Å². The lowest BCUT2D eigenvalue weighted by Gasteiger charge is -2.09. The van der Waals surface area contributed by atoms with Gasteiger partial charge in [-0.15, -0.1) is 11.3 Å². The molecule has 1 unspecified atom stereocenters. The molecule has 0 N–H and O–H groups in total. The van der Waals surface area contributed by atoms with Crippen molar-refractivity contribution in [2.45, 2.75) is 26.8 Å². The quantitative estimate of drug-likeness (QED) is 0.814. The van der Waals surface area contributed by atoms with E-state index in [4.69, 9.17) is 0 Å². The maximum atomic E-state index is 11.9. The predicted molar refractivity (Wildman–Crippen MR) is 70.0 cm³/mol. The minimum atomic E-state index is 0.119. The third-order valence-corrected chi connectivity index (χ3v) is 3.81. The van der Waals surface area contributed by atoms with Gasteiger partial charge in [-0.05, 0) is 17.9 Å². The molecule has 0 spiro atoms. The average Bonchev–Trinajstić information content (AvgIpc) is 2.97. The number of aromatic nitrogens is 2. The molecule has 0 saturated heterocycles. The molecule has 0 aliphatic heterocycles. The second-order valence-corrected chi connectivity index (χ2v) is 5.08. The lowest BCUT2D eigenvalue weighted by molar-refractivity contribution is -0.123. The first-order valence-electron chi connectivity index (χ1n) is 5.80. The first-order valence-corrected chi connectivity index (χ1v) is 6.68. The Bertz CT molecular complexity index is 487. The molecule has 0 aliphatic carbocycles. The molecule has 90 valence electrons. The molecular formula is C13H16N2OS. The van der Waals surface area contributed by atoms with Gasteiger partial charge in [0.15, 0.2) is 5.78 Å². The Morgan fingerprint density at radius 2 is 2.41 bits per heavy atom. The van der Waals surface area contributed by atoms with Crippen LogP contribution in [0.25, 0.3) is 10.7 Å². The Hall–Kier alpha value is -1.42. The third-order valence-electron chi connectivity index (χ3n) is 2.95. The van der Waals surface area contributed by atoms with Gasteiger partial charge in [-0.3, -0.25) is 4.79 Å². The Balaban J connectivity index is 2.18. The summed E-state index contributed by atoms with van der Waals surface area (Å²) in [6.45, 7) is 4.43. The molecule has 2 aromatic heterocycles. The van der Waals surface area contributed by atoms with Crippen LogP contribution < -0.4 is 0 Å². The predicted octanol–water partition coefficient (Wildman–Crippen LogP) is 3.23.